The number of halogens is 1. The molecule has 1 aliphatic heterocycles. The topological polar surface area (TPSA) is 146 Å². The average Bonchev–Trinajstić information content (AvgIpc) is 3.55. The summed E-state index contributed by atoms with van der Waals surface area (Å²) < 4.78 is 24.9. The van der Waals surface area contributed by atoms with Crippen molar-refractivity contribution in [3.63, 3.8) is 0 Å². The largest absolute Gasteiger partial charge is 0.379 e. The molecule has 3 N–H and O–H groups in total. The highest BCUT2D eigenvalue weighted by Gasteiger charge is 2.42. The number of hydrogen-bond acceptors (Lipinski definition) is 8. The first-order valence-corrected chi connectivity index (χ1v) is 16.8. The highest BCUT2D eigenvalue weighted by atomic mass is 19.1. The second kappa shape index (κ2) is 19.5. The van der Waals surface area contributed by atoms with Gasteiger partial charge in [0.25, 0.3) is 0 Å². The van der Waals surface area contributed by atoms with Crippen molar-refractivity contribution in [2.75, 3.05) is 47.9 Å². The van der Waals surface area contributed by atoms with Gasteiger partial charge in [0.15, 0.2) is 5.78 Å². The fourth-order valence-electron chi connectivity index (χ4n) is 6.56. The zero-order valence-electron chi connectivity index (χ0n) is 30.0. The molecular weight excluding hydrogens is 621 g/mol. The summed E-state index contributed by atoms with van der Waals surface area (Å²) in [6.07, 6.45) is 0.825. The lowest BCUT2D eigenvalue weighted by atomic mass is 9.90. The van der Waals surface area contributed by atoms with Gasteiger partial charge in [0.2, 0.25) is 23.6 Å². The van der Waals surface area contributed by atoms with Crippen molar-refractivity contribution in [2.24, 2.45) is 17.8 Å². The maximum absolute atomic E-state index is 13.9. The number of likely N-dealkylation sites (N-methyl/N-ethyl adjacent to an activating group) is 2. The van der Waals surface area contributed by atoms with Gasteiger partial charge in [-0.3, -0.25) is 24.0 Å². The van der Waals surface area contributed by atoms with Gasteiger partial charge in [-0.2, -0.15) is 0 Å². The van der Waals surface area contributed by atoms with Crippen LogP contribution in [0, 0.1) is 23.6 Å². The Hall–Kier alpha value is -3.42. The van der Waals surface area contributed by atoms with Crippen LogP contribution in [0.15, 0.2) is 24.3 Å². The Kier molecular flexibility index (Phi) is 16.6. The summed E-state index contributed by atoms with van der Waals surface area (Å²) in [5.41, 5.74) is 0.286. The van der Waals surface area contributed by atoms with Crippen LogP contribution in [-0.2, 0) is 28.7 Å². The minimum absolute atomic E-state index is 0.00431. The maximum atomic E-state index is 13.9. The molecule has 270 valence electrons. The molecule has 13 heteroatoms. The predicted molar refractivity (Wildman–Crippen MR) is 181 cm³/mol. The number of carbonyl (C=O) groups is 5. The van der Waals surface area contributed by atoms with E-state index in [1.165, 1.54) is 38.5 Å². The Morgan fingerprint density at radius 2 is 1.60 bits per heavy atom. The molecule has 0 aromatic heterocycles. The van der Waals surface area contributed by atoms with Gasteiger partial charge >= 0.3 is 0 Å². The van der Waals surface area contributed by atoms with Crippen LogP contribution in [0.25, 0.3) is 0 Å². The average molecular weight is 678 g/mol. The van der Waals surface area contributed by atoms with E-state index in [2.05, 4.69) is 16.0 Å². The minimum Gasteiger partial charge on any atom is -0.379 e. The summed E-state index contributed by atoms with van der Waals surface area (Å²) in [6.45, 7) is 9.58. The smallest absolute Gasteiger partial charge is 0.242 e. The van der Waals surface area contributed by atoms with E-state index in [9.17, 15) is 28.4 Å². The summed E-state index contributed by atoms with van der Waals surface area (Å²) in [5, 5.41) is 8.36. The summed E-state index contributed by atoms with van der Waals surface area (Å²) in [6, 6.07) is 3.85. The second-order valence-corrected chi connectivity index (χ2v) is 13.0. The van der Waals surface area contributed by atoms with Gasteiger partial charge in [-0.25, -0.2) is 4.39 Å². The monoisotopic (exact) mass is 677 g/mol. The fraction of sp³-hybridized carbons (Fsp3) is 0.686. The van der Waals surface area contributed by atoms with Gasteiger partial charge in [-0.05, 0) is 56.0 Å². The van der Waals surface area contributed by atoms with Crippen molar-refractivity contribution < 1.29 is 37.8 Å². The van der Waals surface area contributed by atoms with Crippen LogP contribution in [-0.4, -0.2) is 117 Å². The number of carbonyl (C=O) groups excluding carboxylic acids is 5. The number of amides is 4. The number of nitrogens with zero attached hydrogens (tertiary/aromatic N) is 2. The van der Waals surface area contributed by atoms with Gasteiger partial charge in [-0.15, -0.1) is 0 Å². The van der Waals surface area contributed by atoms with Crippen molar-refractivity contribution in [3.8, 4) is 0 Å². The van der Waals surface area contributed by atoms with Gasteiger partial charge in [0.1, 0.15) is 5.82 Å². The van der Waals surface area contributed by atoms with Gasteiger partial charge < -0.3 is 35.2 Å². The molecule has 0 bridgehead atoms. The third-order valence-electron chi connectivity index (χ3n) is 9.57. The van der Waals surface area contributed by atoms with Gasteiger partial charge in [-0.1, -0.05) is 41.0 Å². The van der Waals surface area contributed by atoms with Crippen molar-refractivity contribution in [1.82, 2.24) is 25.8 Å². The lowest BCUT2D eigenvalue weighted by Crippen LogP contribution is -2.55. The lowest BCUT2D eigenvalue weighted by molar-refractivity contribution is -0.145. The molecule has 0 saturated carbocycles. The van der Waals surface area contributed by atoms with E-state index in [1.54, 1.807) is 30.8 Å². The van der Waals surface area contributed by atoms with Gasteiger partial charge in [0.05, 0.1) is 55.8 Å². The molecule has 2 rings (SSSR count). The molecule has 1 fully saturated rings. The second-order valence-electron chi connectivity index (χ2n) is 13.0. The molecule has 1 saturated heterocycles. The molecule has 0 radical (unpaired) electrons. The molecule has 6 unspecified atom stereocenters. The lowest BCUT2D eigenvalue weighted by Gasteiger charge is -2.39. The van der Waals surface area contributed by atoms with E-state index >= 15 is 0 Å². The number of likely N-dealkylation sites (tertiary alicyclic amines) is 1. The molecular formula is C35H56FN5O7. The van der Waals surface area contributed by atoms with Crippen LogP contribution in [0.5, 0.6) is 0 Å². The Balaban J connectivity index is 2.11. The summed E-state index contributed by atoms with van der Waals surface area (Å²) in [4.78, 5) is 68.8. The number of nitrogens with one attached hydrogen (secondary N) is 3. The maximum Gasteiger partial charge on any atom is 0.242 e. The highest BCUT2D eigenvalue weighted by Crippen LogP contribution is 2.29. The van der Waals surface area contributed by atoms with Crippen LogP contribution < -0.4 is 16.0 Å². The molecule has 0 spiro atoms. The van der Waals surface area contributed by atoms with Crippen LogP contribution >= 0.6 is 0 Å². The normalized spacial score (nSPS) is 18.4. The summed E-state index contributed by atoms with van der Waals surface area (Å²) in [7, 11) is 6.38. The predicted octanol–water partition coefficient (Wildman–Crippen LogP) is 2.41. The molecule has 7 atom stereocenters. The number of hydrogen-bond donors (Lipinski definition) is 3. The third-order valence-corrected chi connectivity index (χ3v) is 9.57. The number of rotatable bonds is 19. The zero-order valence-corrected chi connectivity index (χ0v) is 30.0. The molecule has 1 aliphatic rings. The molecule has 0 aliphatic carbocycles. The molecule has 1 aromatic carbocycles. The number of ketones is 1. The van der Waals surface area contributed by atoms with Crippen LogP contribution in [0.3, 0.4) is 0 Å². The number of Topliss-reactive ketones (excluding diaryl/α,β-unsaturated/α-hetero) is 1. The first-order chi connectivity index (χ1) is 22.7. The molecule has 4 amide bonds. The SMILES string of the molecule is CC[C@H](C)C(C(CC(=O)N1CCCC1C(OC)C(C)C(=O)NCC(=O)c1ccc(F)cc1)OC)N(C)C(=O)CNC(=O)C(NC)C(C)C. The number of ether oxygens (including phenoxy) is 2. The Bertz CT molecular complexity index is 1230. The van der Waals surface area contributed by atoms with E-state index in [4.69, 9.17) is 9.47 Å². The quantitative estimate of drug-likeness (QED) is 0.189. The molecule has 1 aromatic rings. The number of methoxy groups -OCH3 is 2. The zero-order chi connectivity index (χ0) is 36.1. The van der Waals surface area contributed by atoms with Crippen molar-refractivity contribution in [1.29, 1.82) is 0 Å². The standard InChI is InChI=1S/C35H56FN5O7/c1-10-22(4)32(40(7)30(44)20-39-35(46)31(37-6)21(2)3)28(47-8)18-29(43)41-17-11-12-26(41)33(48-9)23(5)34(45)38-19-27(42)24-13-15-25(36)16-14-24/h13-16,21-23,26,28,31-33,37H,10-12,17-20H2,1-9H3,(H,38,45)(H,39,46)/t22-,23?,26?,28?,31?,32?,33?/m0/s1. The molecule has 1 heterocycles. The fourth-order valence-corrected chi connectivity index (χ4v) is 6.56. The van der Waals surface area contributed by atoms with Crippen molar-refractivity contribution in [3.05, 3.63) is 35.6 Å². The first kappa shape index (κ1) is 40.8. The van der Waals surface area contributed by atoms with Crippen molar-refractivity contribution in [2.45, 2.75) is 90.6 Å². The minimum atomic E-state index is -0.683. The van der Waals surface area contributed by atoms with E-state index in [0.717, 1.165) is 12.8 Å². The van der Waals surface area contributed by atoms with E-state index in [0.29, 0.717) is 13.0 Å². The van der Waals surface area contributed by atoms with Gasteiger partial charge in [0, 0.05) is 33.4 Å². The van der Waals surface area contributed by atoms with E-state index < -0.39 is 41.9 Å². The van der Waals surface area contributed by atoms with E-state index in [1.807, 2.05) is 27.7 Å². The Morgan fingerprint density at radius 1 is 0.979 bits per heavy atom. The third kappa shape index (κ3) is 10.8. The van der Waals surface area contributed by atoms with Crippen molar-refractivity contribution >= 4 is 29.4 Å². The summed E-state index contributed by atoms with van der Waals surface area (Å²) in [5.74, 6) is -2.60. The first-order valence-electron chi connectivity index (χ1n) is 16.8. The summed E-state index contributed by atoms with van der Waals surface area (Å²) >= 11 is 0. The Morgan fingerprint density at radius 3 is 2.15 bits per heavy atom. The highest BCUT2D eigenvalue weighted by molar-refractivity contribution is 5.99. The number of benzene rings is 1. The Labute approximate surface area is 284 Å². The van der Waals surface area contributed by atoms with E-state index in [-0.39, 0.29) is 66.5 Å². The van der Waals surface area contributed by atoms with Crippen LogP contribution in [0.1, 0.15) is 70.7 Å². The molecule has 48 heavy (non-hydrogen) atoms. The molecule has 12 nitrogen and oxygen atoms in total. The van der Waals surface area contributed by atoms with Crippen LogP contribution in [0.2, 0.25) is 0 Å². The van der Waals surface area contributed by atoms with Crippen LogP contribution in [0.4, 0.5) is 4.39 Å².